The number of hydrogen-bond acceptors (Lipinski definition) is 5. The summed E-state index contributed by atoms with van der Waals surface area (Å²) in [6.45, 7) is 2.01. The molecule has 0 saturated heterocycles. The van der Waals surface area contributed by atoms with Crippen LogP contribution < -0.4 is 9.62 Å². The summed E-state index contributed by atoms with van der Waals surface area (Å²) in [7, 11) is -3.87. The molecule has 1 aromatic heterocycles. The number of aromatic nitrogens is 1. The van der Waals surface area contributed by atoms with E-state index in [1.54, 1.807) is 31.2 Å². The number of amides is 1. The number of benzene rings is 2. The van der Waals surface area contributed by atoms with Gasteiger partial charge in [0, 0.05) is 11.4 Å². The third kappa shape index (κ3) is 4.46. The van der Waals surface area contributed by atoms with Gasteiger partial charge in [-0.3, -0.25) is 14.4 Å². The number of para-hydroxylation sites is 1. The minimum absolute atomic E-state index is 0.00573. The highest BCUT2D eigenvalue weighted by molar-refractivity contribution is 7.92. The first-order chi connectivity index (χ1) is 14.9. The summed E-state index contributed by atoms with van der Waals surface area (Å²) in [6.07, 6.45) is 4.13. The van der Waals surface area contributed by atoms with Crippen molar-refractivity contribution in [3.8, 4) is 0 Å². The van der Waals surface area contributed by atoms with Crippen molar-refractivity contribution in [2.24, 2.45) is 0 Å². The third-order valence-electron chi connectivity index (χ3n) is 5.17. The molecule has 0 saturated carbocycles. The van der Waals surface area contributed by atoms with Gasteiger partial charge in [-0.05, 0) is 62.9 Å². The second-order valence-electron chi connectivity index (χ2n) is 7.20. The molecule has 0 spiro atoms. The normalized spacial score (nSPS) is 13.5. The fourth-order valence-corrected chi connectivity index (χ4v) is 6.37. The van der Waals surface area contributed by atoms with Gasteiger partial charge in [0.25, 0.3) is 15.9 Å². The summed E-state index contributed by atoms with van der Waals surface area (Å²) < 4.78 is 27.9. The molecule has 0 fully saturated rings. The Bertz CT molecular complexity index is 1190. The summed E-state index contributed by atoms with van der Waals surface area (Å²) in [6, 6.07) is 13.0. The van der Waals surface area contributed by atoms with E-state index in [-0.39, 0.29) is 22.0 Å². The number of nitrogens with one attached hydrogen (secondary N) is 1. The van der Waals surface area contributed by atoms with Gasteiger partial charge in [0.1, 0.15) is 0 Å². The van der Waals surface area contributed by atoms with Crippen LogP contribution in [0.5, 0.6) is 0 Å². The van der Waals surface area contributed by atoms with Crippen LogP contribution in [-0.2, 0) is 22.9 Å². The van der Waals surface area contributed by atoms with Crippen molar-refractivity contribution in [2.45, 2.75) is 37.5 Å². The second-order valence-corrected chi connectivity index (χ2v) is 10.6. The molecule has 0 aliphatic heterocycles. The Labute approximate surface area is 190 Å². The van der Waals surface area contributed by atoms with E-state index in [2.05, 4.69) is 10.3 Å². The van der Waals surface area contributed by atoms with Crippen molar-refractivity contribution in [1.29, 1.82) is 0 Å². The third-order valence-corrected chi connectivity index (χ3v) is 8.47. The SMILES string of the molecule is CCN(c1ccccc1)S(=O)(=O)c1ccc(Cl)c(C(=O)Nc2nc3c(s2)CCCC3)c1. The molecular weight excluding hydrogens is 454 g/mol. The average Bonchev–Trinajstić information content (AvgIpc) is 3.17. The lowest BCUT2D eigenvalue weighted by Gasteiger charge is -2.23. The predicted molar refractivity (Wildman–Crippen MR) is 125 cm³/mol. The van der Waals surface area contributed by atoms with Gasteiger partial charge in [-0.1, -0.05) is 29.8 Å². The summed E-state index contributed by atoms with van der Waals surface area (Å²) in [5.74, 6) is -0.476. The molecular formula is C22H22ClN3O3S2. The zero-order chi connectivity index (χ0) is 22.0. The van der Waals surface area contributed by atoms with Crippen LogP contribution in [0.2, 0.25) is 5.02 Å². The quantitative estimate of drug-likeness (QED) is 0.535. The van der Waals surface area contributed by atoms with Gasteiger partial charge in [0.05, 0.1) is 26.9 Å². The Kier molecular flexibility index (Phi) is 6.31. The van der Waals surface area contributed by atoms with Gasteiger partial charge in [-0.2, -0.15) is 0 Å². The zero-order valence-electron chi connectivity index (χ0n) is 17.0. The summed E-state index contributed by atoms with van der Waals surface area (Å²) in [4.78, 5) is 18.6. The number of sulfonamides is 1. The predicted octanol–water partition coefficient (Wildman–Crippen LogP) is 5.14. The molecule has 1 aliphatic rings. The van der Waals surface area contributed by atoms with E-state index >= 15 is 0 Å². The number of thiazole rings is 1. The summed E-state index contributed by atoms with van der Waals surface area (Å²) in [5, 5.41) is 3.48. The van der Waals surface area contributed by atoms with Crippen LogP contribution >= 0.6 is 22.9 Å². The van der Waals surface area contributed by atoms with Gasteiger partial charge < -0.3 is 0 Å². The maximum atomic E-state index is 13.3. The number of carbonyl (C=O) groups is 1. The highest BCUT2D eigenvalue weighted by atomic mass is 35.5. The van der Waals surface area contributed by atoms with Crippen molar-refractivity contribution in [3.63, 3.8) is 0 Å². The van der Waals surface area contributed by atoms with Gasteiger partial charge in [0.2, 0.25) is 0 Å². The minimum Gasteiger partial charge on any atom is -0.298 e. The number of fused-ring (bicyclic) bond motifs is 1. The molecule has 1 heterocycles. The van der Waals surface area contributed by atoms with Crippen molar-refractivity contribution >= 4 is 49.7 Å². The molecule has 6 nitrogen and oxygen atoms in total. The average molecular weight is 476 g/mol. The van der Waals surface area contributed by atoms with Crippen LogP contribution in [-0.4, -0.2) is 25.9 Å². The molecule has 0 atom stereocenters. The monoisotopic (exact) mass is 475 g/mol. The maximum absolute atomic E-state index is 13.3. The number of rotatable bonds is 6. The molecule has 0 bridgehead atoms. The van der Waals surface area contributed by atoms with Crippen molar-refractivity contribution in [1.82, 2.24) is 4.98 Å². The fraction of sp³-hybridized carbons (Fsp3) is 0.273. The van der Waals surface area contributed by atoms with E-state index in [9.17, 15) is 13.2 Å². The lowest BCUT2D eigenvalue weighted by atomic mass is 10.0. The summed E-state index contributed by atoms with van der Waals surface area (Å²) >= 11 is 7.72. The molecule has 2 aromatic carbocycles. The Morgan fingerprint density at radius 3 is 2.61 bits per heavy atom. The lowest BCUT2D eigenvalue weighted by Crippen LogP contribution is -2.31. The van der Waals surface area contributed by atoms with E-state index in [0.29, 0.717) is 10.8 Å². The Morgan fingerprint density at radius 1 is 1.16 bits per heavy atom. The Hall–Kier alpha value is -2.42. The topological polar surface area (TPSA) is 79.4 Å². The number of hydrogen-bond donors (Lipinski definition) is 1. The Balaban J connectivity index is 1.63. The van der Waals surface area contributed by atoms with Gasteiger partial charge in [-0.25, -0.2) is 13.4 Å². The first kappa shape index (κ1) is 21.8. The number of halogens is 1. The van der Waals surface area contributed by atoms with Crippen LogP contribution in [0, 0.1) is 0 Å². The highest BCUT2D eigenvalue weighted by Gasteiger charge is 2.26. The first-order valence-electron chi connectivity index (χ1n) is 10.1. The number of anilines is 2. The van der Waals surface area contributed by atoms with Crippen molar-refractivity contribution in [3.05, 3.63) is 69.7 Å². The number of carbonyl (C=O) groups excluding carboxylic acids is 1. The van der Waals surface area contributed by atoms with Crippen LogP contribution in [0.15, 0.2) is 53.4 Å². The van der Waals surface area contributed by atoms with E-state index in [1.165, 1.54) is 38.7 Å². The van der Waals surface area contributed by atoms with Gasteiger partial charge in [-0.15, -0.1) is 11.3 Å². The van der Waals surface area contributed by atoms with Crippen molar-refractivity contribution in [2.75, 3.05) is 16.2 Å². The Morgan fingerprint density at radius 2 is 1.90 bits per heavy atom. The van der Waals surface area contributed by atoms with Crippen LogP contribution in [0.4, 0.5) is 10.8 Å². The lowest BCUT2D eigenvalue weighted by molar-refractivity contribution is 0.102. The van der Waals surface area contributed by atoms with Gasteiger partial charge in [0.15, 0.2) is 5.13 Å². The highest BCUT2D eigenvalue weighted by Crippen LogP contribution is 2.31. The zero-order valence-corrected chi connectivity index (χ0v) is 19.4. The molecule has 162 valence electrons. The summed E-state index contributed by atoms with van der Waals surface area (Å²) in [5.41, 5.74) is 1.69. The minimum atomic E-state index is -3.87. The fourth-order valence-electron chi connectivity index (χ4n) is 3.62. The largest absolute Gasteiger partial charge is 0.298 e. The van der Waals surface area contributed by atoms with E-state index in [4.69, 9.17) is 11.6 Å². The maximum Gasteiger partial charge on any atom is 0.264 e. The molecule has 1 amide bonds. The van der Waals surface area contributed by atoms with Crippen LogP contribution in [0.3, 0.4) is 0 Å². The number of aryl methyl sites for hydroxylation is 2. The molecule has 4 rings (SSSR count). The van der Waals surface area contributed by atoms with Gasteiger partial charge >= 0.3 is 0 Å². The van der Waals surface area contributed by atoms with E-state index in [0.717, 1.165) is 31.4 Å². The molecule has 31 heavy (non-hydrogen) atoms. The molecule has 3 aromatic rings. The van der Waals surface area contributed by atoms with E-state index < -0.39 is 15.9 Å². The van der Waals surface area contributed by atoms with Crippen LogP contribution in [0.1, 0.15) is 40.7 Å². The smallest absolute Gasteiger partial charge is 0.264 e. The first-order valence-corrected chi connectivity index (χ1v) is 12.7. The van der Waals surface area contributed by atoms with Crippen LogP contribution in [0.25, 0.3) is 0 Å². The van der Waals surface area contributed by atoms with E-state index in [1.807, 2.05) is 6.07 Å². The molecule has 1 N–H and O–H groups in total. The van der Waals surface area contributed by atoms with Crippen molar-refractivity contribution < 1.29 is 13.2 Å². The molecule has 9 heteroatoms. The second kappa shape index (κ2) is 8.98. The molecule has 0 unspecified atom stereocenters. The number of nitrogens with zero attached hydrogens (tertiary/aromatic N) is 2. The standard InChI is InChI=1S/C22H22ClN3O3S2/c1-2-26(15-8-4-3-5-9-15)31(28,29)16-12-13-18(23)17(14-16)21(27)25-22-24-19-10-6-7-11-20(19)30-22/h3-5,8-9,12-14H,2,6-7,10-11H2,1H3,(H,24,25,27). The molecule has 0 radical (unpaired) electrons. The molecule has 1 aliphatic carbocycles.